The summed E-state index contributed by atoms with van der Waals surface area (Å²) in [5.74, 6) is 0.0345. The van der Waals surface area contributed by atoms with Gasteiger partial charge >= 0.3 is 0 Å². The van der Waals surface area contributed by atoms with Gasteiger partial charge in [-0.2, -0.15) is 5.10 Å². The molecule has 0 aliphatic carbocycles. The van der Waals surface area contributed by atoms with Gasteiger partial charge in [0.05, 0.1) is 24.7 Å². The molecule has 0 fully saturated rings. The second kappa shape index (κ2) is 5.88. The molecule has 0 aliphatic heterocycles. The summed E-state index contributed by atoms with van der Waals surface area (Å²) in [6.45, 7) is -0.00411. The van der Waals surface area contributed by atoms with E-state index in [9.17, 15) is 12.8 Å². The molecule has 2 aromatic heterocycles. The number of aryl methyl sites for hydroxylation is 1. The molecule has 23 heavy (non-hydrogen) atoms. The van der Waals surface area contributed by atoms with Crippen molar-refractivity contribution in [2.24, 2.45) is 7.05 Å². The lowest BCUT2D eigenvalue weighted by molar-refractivity contribution is 0.508. The largest absolute Gasteiger partial charge is 0.467 e. The van der Waals surface area contributed by atoms with Gasteiger partial charge in [0.15, 0.2) is 0 Å². The Labute approximate surface area is 132 Å². The summed E-state index contributed by atoms with van der Waals surface area (Å²) in [6, 6.07) is 8.59. The van der Waals surface area contributed by atoms with Gasteiger partial charge in [0.25, 0.3) is 10.0 Å². The molecule has 3 aromatic rings. The number of halogens is 1. The Morgan fingerprint density at radius 1 is 1.26 bits per heavy atom. The van der Waals surface area contributed by atoms with E-state index >= 15 is 0 Å². The van der Waals surface area contributed by atoms with Gasteiger partial charge in [-0.15, -0.1) is 0 Å². The highest BCUT2D eigenvalue weighted by molar-refractivity contribution is 7.92. The van der Waals surface area contributed by atoms with Crippen molar-refractivity contribution in [1.82, 2.24) is 9.78 Å². The normalized spacial score (nSPS) is 11.6. The zero-order valence-electron chi connectivity index (χ0n) is 12.3. The van der Waals surface area contributed by atoms with Gasteiger partial charge in [0.2, 0.25) is 0 Å². The predicted molar refractivity (Wildman–Crippen MR) is 81.7 cm³/mol. The minimum atomic E-state index is -3.85. The second-order valence-electron chi connectivity index (χ2n) is 4.92. The van der Waals surface area contributed by atoms with E-state index in [1.165, 1.54) is 47.6 Å². The van der Waals surface area contributed by atoms with Crippen LogP contribution in [0.5, 0.6) is 0 Å². The van der Waals surface area contributed by atoms with Crippen molar-refractivity contribution in [3.8, 4) is 0 Å². The van der Waals surface area contributed by atoms with Gasteiger partial charge in [-0.25, -0.2) is 12.8 Å². The van der Waals surface area contributed by atoms with Crippen LogP contribution in [0.25, 0.3) is 0 Å². The molecule has 0 atom stereocenters. The van der Waals surface area contributed by atoms with Gasteiger partial charge in [-0.3, -0.25) is 8.99 Å². The summed E-state index contributed by atoms with van der Waals surface area (Å²) < 4.78 is 46.7. The smallest absolute Gasteiger partial charge is 0.267 e. The van der Waals surface area contributed by atoms with Crippen molar-refractivity contribution in [2.45, 2.75) is 11.4 Å². The van der Waals surface area contributed by atoms with Crippen molar-refractivity contribution in [1.29, 1.82) is 0 Å². The Kier molecular flexibility index (Phi) is 3.91. The molecular formula is C15H14FN3O3S. The molecule has 2 heterocycles. The molecule has 0 N–H and O–H groups in total. The van der Waals surface area contributed by atoms with E-state index in [4.69, 9.17) is 4.42 Å². The Morgan fingerprint density at radius 3 is 2.57 bits per heavy atom. The van der Waals surface area contributed by atoms with Crippen molar-refractivity contribution in [3.05, 3.63) is 66.6 Å². The fraction of sp³-hybridized carbons (Fsp3) is 0.133. The SMILES string of the molecule is Cn1cc(S(=O)(=O)N(Cc2ccco2)c2ccc(F)cc2)cn1. The maximum Gasteiger partial charge on any atom is 0.267 e. The molecule has 0 saturated carbocycles. The highest BCUT2D eigenvalue weighted by Gasteiger charge is 2.27. The van der Waals surface area contributed by atoms with Crippen LogP contribution in [0.15, 0.2) is 64.4 Å². The Bertz CT molecular complexity index is 886. The summed E-state index contributed by atoms with van der Waals surface area (Å²) >= 11 is 0. The fourth-order valence-electron chi connectivity index (χ4n) is 2.13. The molecule has 0 spiro atoms. The van der Waals surface area contributed by atoms with Crippen LogP contribution in [-0.4, -0.2) is 18.2 Å². The first-order valence-electron chi connectivity index (χ1n) is 6.76. The van der Waals surface area contributed by atoms with E-state index < -0.39 is 15.8 Å². The van der Waals surface area contributed by atoms with Gasteiger partial charge in [-0.05, 0) is 36.4 Å². The summed E-state index contributed by atoms with van der Waals surface area (Å²) in [6.07, 6.45) is 4.15. The molecule has 8 heteroatoms. The average molecular weight is 335 g/mol. The first-order chi connectivity index (χ1) is 11.0. The number of benzene rings is 1. The summed E-state index contributed by atoms with van der Waals surface area (Å²) in [4.78, 5) is 0.0517. The number of hydrogen-bond donors (Lipinski definition) is 0. The highest BCUT2D eigenvalue weighted by atomic mass is 32.2. The number of anilines is 1. The Balaban J connectivity index is 2.05. The molecule has 0 aliphatic rings. The molecule has 3 rings (SSSR count). The molecule has 0 radical (unpaired) electrons. The lowest BCUT2D eigenvalue weighted by atomic mass is 10.3. The first-order valence-corrected chi connectivity index (χ1v) is 8.20. The minimum absolute atomic E-state index is 0.00411. The van der Waals surface area contributed by atoms with Crippen LogP contribution in [0.2, 0.25) is 0 Å². The number of furan rings is 1. The van der Waals surface area contributed by atoms with Gasteiger partial charge < -0.3 is 4.42 Å². The third-order valence-corrected chi connectivity index (χ3v) is 4.99. The highest BCUT2D eigenvalue weighted by Crippen LogP contribution is 2.26. The van der Waals surface area contributed by atoms with Crippen molar-refractivity contribution in [2.75, 3.05) is 4.31 Å². The van der Waals surface area contributed by atoms with Crippen molar-refractivity contribution in [3.63, 3.8) is 0 Å². The average Bonchev–Trinajstić information content (AvgIpc) is 3.17. The quantitative estimate of drug-likeness (QED) is 0.718. The molecule has 6 nitrogen and oxygen atoms in total. The van der Waals surface area contributed by atoms with Crippen LogP contribution in [0.1, 0.15) is 5.76 Å². The van der Waals surface area contributed by atoms with E-state index in [0.29, 0.717) is 11.4 Å². The van der Waals surface area contributed by atoms with Crippen molar-refractivity contribution >= 4 is 15.7 Å². The number of sulfonamides is 1. The van der Waals surface area contributed by atoms with Crippen LogP contribution in [0, 0.1) is 5.82 Å². The Hall–Kier alpha value is -2.61. The van der Waals surface area contributed by atoms with Gasteiger partial charge in [0, 0.05) is 13.2 Å². The maximum absolute atomic E-state index is 13.2. The fourth-order valence-corrected chi connectivity index (χ4v) is 3.54. The van der Waals surface area contributed by atoms with E-state index in [0.717, 1.165) is 4.31 Å². The lowest BCUT2D eigenvalue weighted by Gasteiger charge is -2.22. The molecule has 0 bridgehead atoms. The predicted octanol–water partition coefficient (Wildman–Crippen LogP) is 2.55. The molecule has 0 amide bonds. The summed E-state index contributed by atoms with van der Waals surface area (Å²) in [5, 5.41) is 3.90. The first kappa shape index (κ1) is 15.3. The second-order valence-corrected chi connectivity index (χ2v) is 6.78. The third-order valence-electron chi connectivity index (χ3n) is 3.26. The molecule has 1 aromatic carbocycles. The standard InChI is InChI=1S/C15H14FN3O3S/c1-18-11-15(9-17-18)23(20,21)19(10-14-3-2-8-22-14)13-6-4-12(16)5-7-13/h2-9,11H,10H2,1H3. The van der Waals surface area contributed by atoms with Crippen molar-refractivity contribution < 1.29 is 17.2 Å². The topological polar surface area (TPSA) is 68.3 Å². The summed E-state index contributed by atoms with van der Waals surface area (Å²) in [7, 11) is -2.22. The van der Waals surface area contributed by atoms with E-state index in [2.05, 4.69) is 5.10 Å². The zero-order chi connectivity index (χ0) is 16.4. The monoisotopic (exact) mass is 335 g/mol. The van der Waals surface area contributed by atoms with Gasteiger partial charge in [0.1, 0.15) is 16.5 Å². The number of nitrogens with zero attached hydrogens (tertiary/aromatic N) is 3. The van der Waals surface area contributed by atoms with Crippen LogP contribution >= 0.6 is 0 Å². The van der Waals surface area contributed by atoms with E-state index in [1.807, 2.05) is 0 Å². The third kappa shape index (κ3) is 3.11. The summed E-state index contributed by atoms with van der Waals surface area (Å²) in [5.41, 5.74) is 0.339. The lowest BCUT2D eigenvalue weighted by Crippen LogP contribution is -2.30. The maximum atomic E-state index is 13.2. The zero-order valence-corrected chi connectivity index (χ0v) is 13.1. The number of hydrogen-bond acceptors (Lipinski definition) is 4. The van der Waals surface area contributed by atoms with Crippen LogP contribution in [0.3, 0.4) is 0 Å². The van der Waals surface area contributed by atoms with E-state index in [-0.39, 0.29) is 11.4 Å². The van der Waals surface area contributed by atoms with Crippen LogP contribution in [-0.2, 0) is 23.6 Å². The van der Waals surface area contributed by atoms with E-state index in [1.54, 1.807) is 19.2 Å². The van der Waals surface area contributed by atoms with Crippen LogP contribution in [0.4, 0.5) is 10.1 Å². The number of aromatic nitrogens is 2. The minimum Gasteiger partial charge on any atom is -0.467 e. The van der Waals surface area contributed by atoms with Gasteiger partial charge in [-0.1, -0.05) is 0 Å². The molecular weight excluding hydrogens is 321 g/mol. The Morgan fingerprint density at radius 2 is 2.00 bits per heavy atom. The number of rotatable bonds is 5. The molecule has 0 unspecified atom stereocenters. The van der Waals surface area contributed by atoms with Crippen LogP contribution < -0.4 is 4.31 Å². The molecule has 0 saturated heterocycles. The molecule has 120 valence electrons.